The van der Waals surface area contributed by atoms with Gasteiger partial charge in [0, 0.05) is 6.42 Å². The fourth-order valence-corrected chi connectivity index (χ4v) is 4.98. The smallest absolute Gasteiger partial charge is 0.311 e. The van der Waals surface area contributed by atoms with E-state index >= 15 is 0 Å². The van der Waals surface area contributed by atoms with E-state index in [1.54, 1.807) is 31.2 Å². The predicted octanol–water partition coefficient (Wildman–Crippen LogP) is 3.14. The molecule has 0 fully saturated rings. The second kappa shape index (κ2) is 8.88. The zero-order valence-electron chi connectivity index (χ0n) is 17.7. The third kappa shape index (κ3) is 4.74. The summed E-state index contributed by atoms with van der Waals surface area (Å²) in [7, 11) is -3.81. The molecule has 2 N–H and O–H groups in total. The summed E-state index contributed by atoms with van der Waals surface area (Å²) in [6, 6.07) is 13.4. The molecule has 1 aliphatic carbocycles. The highest BCUT2D eigenvalue weighted by molar-refractivity contribution is 7.89. The van der Waals surface area contributed by atoms with Crippen molar-refractivity contribution in [3.05, 3.63) is 65.2 Å². The van der Waals surface area contributed by atoms with E-state index in [2.05, 4.69) is 4.72 Å². The van der Waals surface area contributed by atoms with Crippen LogP contribution < -0.4 is 4.72 Å². The molecule has 7 heteroatoms. The van der Waals surface area contributed by atoms with Crippen molar-refractivity contribution >= 4 is 16.0 Å². The molecular formula is C23H29NO5S. The van der Waals surface area contributed by atoms with Crippen LogP contribution in [-0.2, 0) is 26.0 Å². The van der Waals surface area contributed by atoms with Crippen LogP contribution in [0, 0.1) is 18.8 Å². The Morgan fingerprint density at radius 3 is 2.37 bits per heavy atom. The predicted molar refractivity (Wildman–Crippen MR) is 114 cm³/mol. The van der Waals surface area contributed by atoms with Crippen LogP contribution in [0.2, 0.25) is 0 Å². The second-order valence-corrected chi connectivity index (χ2v) is 10.0. The molecule has 0 aliphatic heterocycles. The Bertz CT molecular complexity index is 1000. The normalized spacial score (nSPS) is 20.6. The number of nitrogens with one attached hydrogen (secondary N) is 1. The van der Waals surface area contributed by atoms with Gasteiger partial charge in [0.15, 0.2) is 0 Å². The van der Waals surface area contributed by atoms with E-state index in [-0.39, 0.29) is 10.8 Å². The number of carbonyl (C=O) groups is 1. The molecule has 0 amide bonds. The number of benzene rings is 2. The van der Waals surface area contributed by atoms with Crippen molar-refractivity contribution in [1.82, 2.24) is 4.72 Å². The van der Waals surface area contributed by atoms with Crippen LogP contribution in [0.4, 0.5) is 0 Å². The maximum absolute atomic E-state index is 13.0. The molecular weight excluding hydrogens is 402 g/mol. The van der Waals surface area contributed by atoms with Gasteiger partial charge in [-0.15, -0.1) is 0 Å². The van der Waals surface area contributed by atoms with Gasteiger partial charge in [-0.25, -0.2) is 8.42 Å². The molecule has 1 aliphatic rings. The van der Waals surface area contributed by atoms with Gasteiger partial charge >= 0.3 is 5.97 Å². The highest BCUT2D eigenvalue weighted by Crippen LogP contribution is 2.35. The van der Waals surface area contributed by atoms with Crippen LogP contribution in [0.5, 0.6) is 0 Å². The largest absolute Gasteiger partial charge is 0.460 e. The van der Waals surface area contributed by atoms with Gasteiger partial charge in [0.2, 0.25) is 10.0 Å². The molecule has 0 unspecified atom stereocenters. The summed E-state index contributed by atoms with van der Waals surface area (Å²) in [5, 5.41) is 10.2. The quantitative estimate of drug-likeness (QED) is 0.657. The summed E-state index contributed by atoms with van der Waals surface area (Å²) in [6.45, 7) is 7.18. The first-order valence-corrected chi connectivity index (χ1v) is 11.6. The first kappa shape index (κ1) is 22.5. The molecule has 2 aromatic carbocycles. The molecule has 0 saturated heterocycles. The molecule has 162 valence electrons. The number of ether oxygens (including phenoxy) is 1. The van der Waals surface area contributed by atoms with Gasteiger partial charge in [-0.2, -0.15) is 4.72 Å². The third-order valence-electron chi connectivity index (χ3n) is 5.63. The Kier molecular flexibility index (Phi) is 6.65. The van der Waals surface area contributed by atoms with Crippen LogP contribution in [-0.4, -0.2) is 31.7 Å². The minimum absolute atomic E-state index is 0.0934. The minimum Gasteiger partial charge on any atom is -0.460 e. The zero-order chi connectivity index (χ0) is 22.1. The molecule has 30 heavy (non-hydrogen) atoms. The van der Waals surface area contributed by atoms with E-state index in [1.165, 1.54) is 0 Å². The summed E-state index contributed by atoms with van der Waals surface area (Å²) in [5.41, 5.74) is 2.69. The van der Waals surface area contributed by atoms with Crippen molar-refractivity contribution < 1.29 is 23.1 Å². The van der Waals surface area contributed by atoms with Crippen LogP contribution in [0.15, 0.2) is 53.4 Å². The maximum Gasteiger partial charge on any atom is 0.311 e. The number of rotatable bonds is 7. The van der Waals surface area contributed by atoms with Gasteiger partial charge in [0.1, 0.15) is 6.10 Å². The van der Waals surface area contributed by atoms with Crippen molar-refractivity contribution in [3.63, 3.8) is 0 Å². The zero-order valence-corrected chi connectivity index (χ0v) is 18.5. The van der Waals surface area contributed by atoms with Crippen LogP contribution in [0.1, 0.15) is 43.5 Å². The van der Waals surface area contributed by atoms with Crippen LogP contribution in [0.3, 0.4) is 0 Å². The van der Waals surface area contributed by atoms with E-state index in [0.717, 1.165) is 16.7 Å². The molecule has 0 radical (unpaired) electrons. The summed E-state index contributed by atoms with van der Waals surface area (Å²) in [6.07, 6.45) is -1.10. The van der Waals surface area contributed by atoms with Gasteiger partial charge in [-0.3, -0.25) is 4.79 Å². The molecule has 0 saturated carbocycles. The number of esters is 1. The lowest BCUT2D eigenvalue weighted by atomic mass is 9.95. The number of sulfonamides is 1. The Morgan fingerprint density at radius 2 is 1.73 bits per heavy atom. The number of aliphatic hydroxyl groups is 1. The highest BCUT2D eigenvalue weighted by atomic mass is 32.2. The summed E-state index contributed by atoms with van der Waals surface area (Å²) in [5.74, 6) is -1.33. The van der Waals surface area contributed by atoms with E-state index in [4.69, 9.17) is 4.74 Å². The average molecular weight is 432 g/mol. The molecule has 0 aromatic heterocycles. The Hall–Kier alpha value is -2.22. The first-order chi connectivity index (χ1) is 14.1. The van der Waals surface area contributed by atoms with Crippen LogP contribution in [0.25, 0.3) is 0 Å². The fraction of sp³-hybridized carbons (Fsp3) is 0.435. The second-order valence-electron chi connectivity index (χ2n) is 8.31. The van der Waals surface area contributed by atoms with Gasteiger partial charge in [-0.05, 0) is 43.0 Å². The maximum atomic E-state index is 13.0. The Balaban J connectivity index is 1.85. The van der Waals surface area contributed by atoms with Gasteiger partial charge in [0.25, 0.3) is 0 Å². The lowest BCUT2D eigenvalue weighted by Crippen LogP contribution is -2.39. The van der Waals surface area contributed by atoms with E-state index in [0.29, 0.717) is 6.42 Å². The summed E-state index contributed by atoms with van der Waals surface area (Å²) in [4.78, 5) is 12.8. The van der Waals surface area contributed by atoms with Crippen molar-refractivity contribution in [1.29, 1.82) is 0 Å². The number of hydrogen-bond donors (Lipinski definition) is 2. The molecule has 0 spiro atoms. The van der Waals surface area contributed by atoms with Gasteiger partial charge in [0.05, 0.1) is 23.0 Å². The van der Waals surface area contributed by atoms with Crippen molar-refractivity contribution in [2.75, 3.05) is 0 Å². The molecule has 4 atom stereocenters. The van der Waals surface area contributed by atoms with E-state index in [9.17, 15) is 18.3 Å². The molecule has 0 heterocycles. The molecule has 3 rings (SSSR count). The lowest BCUT2D eigenvalue weighted by molar-refractivity contribution is -0.159. The van der Waals surface area contributed by atoms with E-state index < -0.39 is 40.2 Å². The monoisotopic (exact) mass is 431 g/mol. The van der Waals surface area contributed by atoms with Crippen molar-refractivity contribution in [2.24, 2.45) is 11.8 Å². The summed E-state index contributed by atoms with van der Waals surface area (Å²) >= 11 is 0. The topological polar surface area (TPSA) is 92.7 Å². The molecule has 2 aromatic rings. The van der Waals surface area contributed by atoms with Gasteiger partial charge < -0.3 is 9.84 Å². The number of hydrogen-bond acceptors (Lipinski definition) is 5. The van der Waals surface area contributed by atoms with Crippen molar-refractivity contribution in [3.8, 4) is 0 Å². The van der Waals surface area contributed by atoms with Gasteiger partial charge in [-0.1, -0.05) is 55.8 Å². The molecule has 0 bridgehead atoms. The minimum atomic E-state index is -3.81. The number of aliphatic hydroxyl groups excluding tert-OH is 1. The highest BCUT2D eigenvalue weighted by Gasteiger charge is 2.39. The van der Waals surface area contributed by atoms with E-state index in [1.807, 2.05) is 45.0 Å². The number of fused-ring (bicyclic) bond motifs is 1. The van der Waals surface area contributed by atoms with Crippen LogP contribution >= 0.6 is 0 Å². The average Bonchev–Trinajstić information content (AvgIpc) is 3.03. The first-order valence-electron chi connectivity index (χ1n) is 10.2. The lowest BCUT2D eigenvalue weighted by Gasteiger charge is -2.26. The Labute approximate surface area is 178 Å². The number of carbonyl (C=O) groups excluding carboxylic acids is 1. The SMILES string of the molecule is Cc1ccc(S(=O)(=O)N[C@@H]2c3ccccc3C[C@@H]2OC(=O)[C@H](C)[C@H](O)C(C)C)cc1. The van der Waals surface area contributed by atoms with Crippen molar-refractivity contribution in [2.45, 2.75) is 57.3 Å². The number of aryl methyl sites for hydroxylation is 1. The fourth-order valence-electron chi connectivity index (χ4n) is 3.73. The summed E-state index contributed by atoms with van der Waals surface area (Å²) < 4.78 is 34.4. The molecule has 6 nitrogen and oxygen atoms in total. The Morgan fingerprint density at radius 1 is 1.10 bits per heavy atom. The third-order valence-corrected chi connectivity index (χ3v) is 7.09. The standard InChI is InChI=1S/C23H29NO5S/c1-14(2)22(25)16(4)23(26)29-20-13-17-7-5-6-8-19(17)21(20)24-30(27,28)18-11-9-15(3)10-12-18/h5-12,14,16,20-22,24-25H,13H2,1-4H3/t16-,20+,21-,22-/m1/s1.